The maximum Gasteiger partial charge on any atom is 0.0972 e. The first-order valence-corrected chi connectivity index (χ1v) is 28.8. The van der Waals surface area contributed by atoms with Crippen LogP contribution in [-0.4, -0.2) is 19.9 Å². The van der Waals surface area contributed by atoms with Crippen LogP contribution in [0.3, 0.4) is 0 Å². The zero-order valence-corrected chi connectivity index (χ0v) is 46.9. The molecular weight excluding hydrogens is 1020 g/mol. The summed E-state index contributed by atoms with van der Waals surface area (Å²) in [6.45, 7) is 6.90. The van der Waals surface area contributed by atoms with Gasteiger partial charge in [0.15, 0.2) is 0 Å². The molecule has 4 heterocycles. The maximum absolute atomic E-state index is 5.18. The van der Waals surface area contributed by atoms with Gasteiger partial charge < -0.3 is 1.43 Å². The van der Waals surface area contributed by atoms with Crippen molar-refractivity contribution in [3.8, 4) is 67.3 Å². The lowest BCUT2D eigenvalue weighted by Gasteiger charge is -2.23. The Balaban J connectivity index is 0.000000152. The fourth-order valence-electron chi connectivity index (χ4n) is 12.2. The summed E-state index contributed by atoms with van der Waals surface area (Å²) >= 11 is 0. The van der Waals surface area contributed by atoms with E-state index in [1.165, 1.54) is 70.9 Å². The summed E-state index contributed by atoms with van der Waals surface area (Å²) in [6, 6.07) is 102. The second-order valence-electron chi connectivity index (χ2n) is 22.9. The number of aromatic nitrogens is 4. The molecule has 16 aromatic rings. The predicted molar refractivity (Wildman–Crippen MR) is 357 cm³/mol. The second-order valence-corrected chi connectivity index (χ2v) is 22.9. The summed E-state index contributed by atoms with van der Waals surface area (Å²) in [5, 5.41) is 14.6. The van der Waals surface area contributed by atoms with Crippen molar-refractivity contribution >= 4 is 86.7 Å². The molecule has 0 atom stereocenters. The van der Waals surface area contributed by atoms with E-state index in [4.69, 9.17) is 19.9 Å². The minimum Gasteiger partial charge on any atom is -1.00 e. The molecule has 0 aliphatic carbocycles. The molecule has 0 aliphatic rings. The Kier molecular flexibility index (Phi) is 12.4. The van der Waals surface area contributed by atoms with Crippen LogP contribution >= 0.6 is 0 Å². The van der Waals surface area contributed by atoms with Crippen LogP contribution in [0.25, 0.3) is 154 Å². The number of benzene rings is 12. The van der Waals surface area contributed by atoms with Crippen LogP contribution in [0, 0.1) is 0 Å². The highest BCUT2D eigenvalue weighted by atomic mass is 14.8. The van der Waals surface area contributed by atoms with Gasteiger partial charge in [-0.3, -0.25) is 0 Å². The Morgan fingerprint density at radius 3 is 0.988 bits per heavy atom. The van der Waals surface area contributed by atoms with Gasteiger partial charge in [0.2, 0.25) is 0 Å². The molecule has 84 heavy (non-hydrogen) atoms. The van der Waals surface area contributed by atoms with Crippen molar-refractivity contribution in [2.45, 2.75) is 26.2 Å². The highest BCUT2D eigenvalue weighted by Gasteiger charge is 2.21. The Hall–Kier alpha value is -10.7. The fraction of sp³-hybridized carbons (Fsp3) is 0.0500. The molecule has 0 saturated heterocycles. The molecule has 0 unspecified atom stereocenters. The van der Waals surface area contributed by atoms with Gasteiger partial charge in [-0.2, -0.15) is 0 Å². The van der Waals surface area contributed by atoms with E-state index in [9.17, 15) is 0 Å². The second kappa shape index (κ2) is 20.7. The smallest absolute Gasteiger partial charge is 0.0972 e. The summed E-state index contributed by atoms with van der Waals surface area (Å²) in [5.74, 6) is 0. The maximum atomic E-state index is 5.18. The molecule has 0 fully saturated rings. The third-order valence-corrected chi connectivity index (χ3v) is 16.6. The highest BCUT2D eigenvalue weighted by molar-refractivity contribution is 6.22. The van der Waals surface area contributed by atoms with Crippen LogP contribution in [0.15, 0.2) is 285 Å². The average Bonchev–Trinajstić information content (AvgIpc) is 1.13. The monoisotopic (exact) mass is 1070 g/mol. The van der Waals surface area contributed by atoms with Crippen molar-refractivity contribution in [3.05, 3.63) is 291 Å². The number of rotatable bonds is 6. The third-order valence-electron chi connectivity index (χ3n) is 16.6. The van der Waals surface area contributed by atoms with Gasteiger partial charge in [0.25, 0.3) is 0 Å². The van der Waals surface area contributed by atoms with Crippen molar-refractivity contribution in [3.63, 3.8) is 0 Å². The van der Waals surface area contributed by atoms with Crippen LogP contribution in [0.2, 0.25) is 0 Å². The van der Waals surface area contributed by atoms with Gasteiger partial charge in [-0.15, -0.1) is 0 Å². The van der Waals surface area contributed by atoms with E-state index in [0.29, 0.717) is 0 Å². The molecule has 0 N–H and O–H groups in total. The molecule has 398 valence electrons. The van der Waals surface area contributed by atoms with E-state index >= 15 is 0 Å². The molecular formula is C80H57N4-. The van der Waals surface area contributed by atoms with E-state index in [-0.39, 0.29) is 6.84 Å². The van der Waals surface area contributed by atoms with E-state index in [0.717, 1.165) is 88.6 Å². The number of hydrogen-bond acceptors (Lipinski definition) is 4. The molecule has 12 aromatic carbocycles. The number of hydrogen-bond donors (Lipinski definition) is 0. The Labute approximate surface area is 489 Å². The highest BCUT2D eigenvalue weighted by Crippen LogP contribution is 2.46. The SMILES string of the molecule is CC(C)(C)c1ccc2c(-c3ccc4ccccc4c3)c3ccccc3c(-c3ccc4ccccc4c3)c2c1.[H-].c1ccc(-c2ccc3ccc4ccc(-c5cccc(-c6ccc7ccc8ccc(-c9ccccc9)nc8c7n6)c5)nc4c3n2)cc1. The van der Waals surface area contributed by atoms with Crippen LogP contribution in [0.5, 0.6) is 0 Å². The first-order valence-electron chi connectivity index (χ1n) is 28.8. The molecule has 4 heteroatoms. The molecule has 4 aromatic heterocycles. The molecule has 4 nitrogen and oxygen atoms in total. The Bertz CT molecular complexity index is 5070. The summed E-state index contributed by atoms with van der Waals surface area (Å²) in [5.41, 5.74) is 18.1. The molecule has 0 saturated carbocycles. The van der Waals surface area contributed by atoms with Gasteiger partial charge in [-0.1, -0.05) is 257 Å². The van der Waals surface area contributed by atoms with E-state index in [1.54, 1.807) is 0 Å². The van der Waals surface area contributed by atoms with Gasteiger partial charge >= 0.3 is 0 Å². The summed E-state index contributed by atoms with van der Waals surface area (Å²) < 4.78 is 0. The predicted octanol–water partition coefficient (Wildman–Crippen LogP) is 21.6. The summed E-state index contributed by atoms with van der Waals surface area (Å²) in [6.07, 6.45) is 0. The Morgan fingerprint density at radius 1 is 0.226 bits per heavy atom. The lowest BCUT2D eigenvalue weighted by atomic mass is 9.81. The van der Waals surface area contributed by atoms with Gasteiger partial charge in [0.05, 0.1) is 44.8 Å². The van der Waals surface area contributed by atoms with Crippen molar-refractivity contribution in [2.24, 2.45) is 0 Å². The Morgan fingerprint density at radius 2 is 0.560 bits per heavy atom. The topological polar surface area (TPSA) is 51.6 Å². The van der Waals surface area contributed by atoms with Crippen LogP contribution in [0.1, 0.15) is 27.8 Å². The average molecular weight is 1070 g/mol. The van der Waals surface area contributed by atoms with Crippen LogP contribution in [0.4, 0.5) is 0 Å². The largest absolute Gasteiger partial charge is 1.00 e. The molecule has 0 radical (unpaired) electrons. The lowest BCUT2D eigenvalue weighted by molar-refractivity contribution is 0.591. The molecule has 0 aliphatic heterocycles. The molecule has 0 bridgehead atoms. The normalized spacial score (nSPS) is 11.8. The van der Waals surface area contributed by atoms with E-state index in [2.05, 4.69) is 269 Å². The fourth-order valence-corrected chi connectivity index (χ4v) is 12.2. The number of nitrogens with zero attached hydrogens (tertiary/aromatic N) is 4. The minimum atomic E-state index is 0. The summed E-state index contributed by atoms with van der Waals surface area (Å²) in [7, 11) is 0. The molecule has 0 spiro atoms. The van der Waals surface area contributed by atoms with Crippen molar-refractivity contribution < 1.29 is 1.43 Å². The lowest BCUT2D eigenvalue weighted by Crippen LogP contribution is -2.10. The first-order chi connectivity index (χ1) is 41.2. The standard InChI is InChI=1S/C42H26N4.C38H30.H/c1-3-8-27(9-4-1)35-22-18-29-14-16-31-20-24-37(45-41(31)39(29)43-35)33-12-7-13-34(26-33)38-25-21-32-17-15-30-19-23-36(28-10-5-2-6-11-28)44-40(30)42(32)46-38;1-38(2,3)31-20-21-34-35(24-31)37(30-19-17-26-11-5-7-13-28(26)23-30)33-15-9-8-14-32(33)36(34)29-18-16-25-10-4-6-12-27(25)22-29;/h1-26H;4-24H,1-3H3;/q;;-1. The van der Waals surface area contributed by atoms with Gasteiger partial charge in [0, 0.05) is 43.8 Å². The first kappa shape index (κ1) is 50.3. The zero-order valence-electron chi connectivity index (χ0n) is 47.9. The zero-order chi connectivity index (χ0) is 56.3. The third kappa shape index (κ3) is 9.24. The number of fused-ring (bicyclic) bond motifs is 10. The van der Waals surface area contributed by atoms with Crippen molar-refractivity contribution in [1.29, 1.82) is 0 Å². The van der Waals surface area contributed by atoms with E-state index in [1.807, 2.05) is 36.4 Å². The van der Waals surface area contributed by atoms with Crippen LogP contribution < -0.4 is 0 Å². The van der Waals surface area contributed by atoms with Crippen molar-refractivity contribution in [2.75, 3.05) is 0 Å². The quantitative estimate of drug-likeness (QED) is 0.123. The van der Waals surface area contributed by atoms with E-state index < -0.39 is 0 Å². The minimum absolute atomic E-state index is 0. The molecule has 0 amide bonds. The summed E-state index contributed by atoms with van der Waals surface area (Å²) in [4.78, 5) is 20.5. The van der Waals surface area contributed by atoms with Gasteiger partial charge in [0.1, 0.15) is 0 Å². The number of pyridine rings is 4. The molecule has 16 rings (SSSR count). The van der Waals surface area contributed by atoms with Crippen LogP contribution in [-0.2, 0) is 5.41 Å². The van der Waals surface area contributed by atoms with Gasteiger partial charge in [-0.05, 0) is 125 Å². The van der Waals surface area contributed by atoms with Gasteiger partial charge in [-0.25, -0.2) is 19.9 Å². The van der Waals surface area contributed by atoms with Crippen molar-refractivity contribution in [1.82, 2.24) is 19.9 Å².